The third-order valence-electron chi connectivity index (χ3n) is 2.79. The zero-order valence-electron chi connectivity index (χ0n) is 11.0. The number of hydrogen-bond donors (Lipinski definition) is 1. The molecule has 1 aromatic heterocycles. The number of benzene rings is 1. The van der Waals surface area contributed by atoms with Crippen molar-refractivity contribution < 1.29 is 9.53 Å². The first-order valence-electron chi connectivity index (χ1n) is 6.03. The van der Waals surface area contributed by atoms with Gasteiger partial charge in [-0.1, -0.05) is 18.2 Å². The van der Waals surface area contributed by atoms with Crippen LogP contribution in [0.4, 0.5) is 5.69 Å². The Bertz CT molecular complexity index is 565. The summed E-state index contributed by atoms with van der Waals surface area (Å²) in [6.07, 6.45) is 1.82. The van der Waals surface area contributed by atoms with Gasteiger partial charge in [-0.25, -0.2) is 4.79 Å². The lowest BCUT2D eigenvalue weighted by molar-refractivity contribution is 0.0602. The van der Waals surface area contributed by atoms with Crippen LogP contribution in [0.25, 0.3) is 0 Å². The van der Waals surface area contributed by atoms with Crippen molar-refractivity contribution in [3.63, 3.8) is 0 Å². The number of carbonyl (C=O) groups is 1. The van der Waals surface area contributed by atoms with Crippen LogP contribution in [0, 0.1) is 6.92 Å². The van der Waals surface area contributed by atoms with Crippen LogP contribution in [-0.4, -0.2) is 18.1 Å². The van der Waals surface area contributed by atoms with E-state index in [9.17, 15) is 4.79 Å². The SMILES string of the molecule is COC(=O)c1ccccc1NCc1ccc(C)nc1. The van der Waals surface area contributed by atoms with Gasteiger partial charge in [-0.3, -0.25) is 4.98 Å². The lowest BCUT2D eigenvalue weighted by Gasteiger charge is -2.10. The number of carbonyl (C=O) groups excluding carboxylic acids is 1. The third kappa shape index (κ3) is 3.31. The van der Waals surface area contributed by atoms with Gasteiger partial charge in [0.05, 0.1) is 12.7 Å². The number of rotatable bonds is 4. The first-order chi connectivity index (χ1) is 9.20. The van der Waals surface area contributed by atoms with Crippen molar-refractivity contribution in [3.8, 4) is 0 Å². The van der Waals surface area contributed by atoms with Crippen LogP contribution in [0.15, 0.2) is 42.6 Å². The first-order valence-corrected chi connectivity index (χ1v) is 6.03. The highest BCUT2D eigenvalue weighted by atomic mass is 16.5. The van der Waals surface area contributed by atoms with Gasteiger partial charge in [0.1, 0.15) is 0 Å². The maximum Gasteiger partial charge on any atom is 0.339 e. The number of esters is 1. The molecule has 1 heterocycles. The fourth-order valence-corrected chi connectivity index (χ4v) is 1.73. The van der Waals surface area contributed by atoms with E-state index in [2.05, 4.69) is 10.3 Å². The average molecular weight is 256 g/mol. The quantitative estimate of drug-likeness (QED) is 0.855. The second kappa shape index (κ2) is 6.00. The summed E-state index contributed by atoms with van der Waals surface area (Å²) in [5.41, 5.74) is 3.34. The number of nitrogens with one attached hydrogen (secondary N) is 1. The summed E-state index contributed by atoms with van der Waals surface area (Å²) < 4.78 is 4.75. The maximum atomic E-state index is 11.6. The monoisotopic (exact) mass is 256 g/mol. The van der Waals surface area contributed by atoms with Crippen LogP contribution in [0.3, 0.4) is 0 Å². The van der Waals surface area contributed by atoms with Crippen LogP contribution < -0.4 is 5.32 Å². The number of ether oxygens (including phenoxy) is 1. The van der Waals surface area contributed by atoms with Crippen molar-refractivity contribution in [3.05, 3.63) is 59.4 Å². The van der Waals surface area contributed by atoms with Crippen molar-refractivity contribution in [2.45, 2.75) is 13.5 Å². The number of hydrogen-bond acceptors (Lipinski definition) is 4. The van der Waals surface area contributed by atoms with E-state index in [1.807, 2.05) is 43.5 Å². The molecule has 0 aliphatic heterocycles. The Hall–Kier alpha value is -2.36. The Kier molecular flexibility index (Phi) is 4.13. The lowest BCUT2D eigenvalue weighted by atomic mass is 10.1. The van der Waals surface area contributed by atoms with Gasteiger partial charge in [0, 0.05) is 24.1 Å². The summed E-state index contributed by atoms with van der Waals surface area (Å²) in [4.78, 5) is 15.8. The zero-order chi connectivity index (χ0) is 13.7. The number of aromatic nitrogens is 1. The van der Waals surface area contributed by atoms with Gasteiger partial charge in [-0.05, 0) is 30.7 Å². The molecule has 4 heteroatoms. The minimum atomic E-state index is -0.342. The third-order valence-corrected chi connectivity index (χ3v) is 2.79. The van der Waals surface area contributed by atoms with Crippen molar-refractivity contribution in [2.24, 2.45) is 0 Å². The molecule has 0 saturated carbocycles. The number of anilines is 1. The van der Waals surface area contributed by atoms with E-state index >= 15 is 0 Å². The molecule has 19 heavy (non-hydrogen) atoms. The van der Waals surface area contributed by atoms with Gasteiger partial charge in [0.15, 0.2) is 0 Å². The fourth-order valence-electron chi connectivity index (χ4n) is 1.73. The molecule has 0 fully saturated rings. The van der Waals surface area contributed by atoms with E-state index in [-0.39, 0.29) is 5.97 Å². The highest BCUT2D eigenvalue weighted by molar-refractivity contribution is 5.95. The standard InChI is InChI=1S/C15H16N2O2/c1-11-7-8-12(9-16-11)10-17-14-6-4-3-5-13(14)15(18)19-2/h3-9,17H,10H2,1-2H3. The van der Waals surface area contributed by atoms with Crippen LogP contribution in [0.5, 0.6) is 0 Å². The maximum absolute atomic E-state index is 11.6. The Morgan fingerprint density at radius 2 is 2.05 bits per heavy atom. The zero-order valence-corrected chi connectivity index (χ0v) is 11.0. The molecule has 4 nitrogen and oxygen atoms in total. The van der Waals surface area contributed by atoms with E-state index in [0.29, 0.717) is 12.1 Å². The molecule has 0 saturated heterocycles. The number of methoxy groups -OCH3 is 1. The topological polar surface area (TPSA) is 51.2 Å². The van der Waals surface area contributed by atoms with E-state index < -0.39 is 0 Å². The molecule has 0 aliphatic rings. The van der Waals surface area contributed by atoms with Crippen molar-refractivity contribution in [1.82, 2.24) is 4.98 Å². The van der Waals surface area contributed by atoms with E-state index in [4.69, 9.17) is 4.74 Å². The van der Waals surface area contributed by atoms with Crippen molar-refractivity contribution >= 4 is 11.7 Å². The molecule has 2 rings (SSSR count). The lowest BCUT2D eigenvalue weighted by Crippen LogP contribution is -2.08. The summed E-state index contributed by atoms with van der Waals surface area (Å²) >= 11 is 0. The summed E-state index contributed by atoms with van der Waals surface area (Å²) in [6.45, 7) is 2.56. The molecule has 2 aromatic rings. The summed E-state index contributed by atoms with van der Waals surface area (Å²) in [5, 5.41) is 3.22. The second-order valence-electron chi connectivity index (χ2n) is 4.20. The van der Waals surface area contributed by atoms with Gasteiger partial charge in [0.25, 0.3) is 0 Å². The number of pyridine rings is 1. The predicted molar refractivity (Wildman–Crippen MR) is 74.1 cm³/mol. The molecule has 1 N–H and O–H groups in total. The summed E-state index contributed by atoms with van der Waals surface area (Å²) in [6, 6.07) is 11.3. The first kappa shape index (κ1) is 13.1. The molecule has 0 spiro atoms. The highest BCUT2D eigenvalue weighted by Crippen LogP contribution is 2.17. The molecule has 0 amide bonds. The van der Waals surface area contributed by atoms with Crippen molar-refractivity contribution in [1.29, 1.82) is 0 Å². The van der Waals surface area contributed by atoms with Crippen LogP contribution in [-0.2, 0) is 11.3 Å². The smallest absolute Gasteiger partial charge is 0.339 e. The van der Waals surface area contributed by atoms with E-state index in [1.165, 1.54) is 7.11 Å². The Balaban J connectivity index is 2.11. The van der Waals surface area contributed by atoms with E-state index in [0.717, 1.165) is 16.9 Å². The molecule has 0 atom stereocenters. The van der Waals surface area contributed by atoms with Crippen LogP contribution in [0.1, 0.15) is 21.6 Å². The largest absolute Gasteiger partial charge is 0.465 e. The highest BCUT2D eigenvalue weighted by Gasteiger charge is 2.10. The van der Waals surface area contributed by atoms with Gasteiger partial charge in [-0.2, -0.15) is 0 Å². The average Bonchev–Trinajstić information content (AvgIpc) is 2.46. The molecular weight excluding hydrogens is 240 g/mol. The minimum Gasteiger partial charge on any atom is -0.465 e. The van der Waals surface area contributed by atoms with E-state index in [1.54, 1.807) is 6.07 Å². The second-order valence-corrected chi connectivity index (χ2v) is 4.20. The normalized spacial score (nSPS) is 10.0. The fraction of sp³-hybridized carbons (Fsp3) is 0.200. The number of para-hydroxylation sites is 1. The summed E-state index contributed by atoms with van der Waals surface area (Å²) in [7, 11) is 1.38. The van der Waals surface area contributed by atoms with Crippen LogP contribution in [0.2, 0.25) is 0 Å². The molecular formula is C15H16N2O2. The number of nitrogens with zero attached hydrogens (tertiary/aromatic N) is 1. The Labute approximate surface area is 112 Å². The molecule has 98 valence electrons. The van der Waals surface area contributed by atoms with Crippen molar-refractivity contribution in [2.75, 3.05) is 12.4 Å². The minimum absolute atomic E-state index is 0.342. The Morgan fingerprint density at radius 1 is 1.26 bits per heavy atom. The molecule has 1 aromatic carbocycles. The van der Waals surface area contributed by atoms with Gasteiger partial charge in [0.2, 0.25) is 0 Å². The predicted octanol–water partition coefficient (Wildman–Crippen LogP) is 2.79. The van der Waals surface area contributed by atoms with Gasteiger partial charge in [-0.15, -0.1) is 0 Å². The summed E-state index contributed by atoms with van der Waals surface area (Å²) in [5.74, 6) is -0.342. The Morgan fingerprint density at radius 3 is 2.74 bits per heavy atom. The van der Waals surface area contributed by atoms with Gasteiger partial charge < -0.3 is 10.1 Å². The molecule has 0 aliphatic carbocycles. The molecule has 0 radical (unpaired) electrons. The molecule has 0 unspecified atom stereocenters. The molecule has 0 bridgehead atoms. The van der Waals surface area contributed by atoms with Gasteiger partial charge >= 0.3 is 5.97 Å². The van der Waals surface area contributed by atoms with Crippen LogP contribution >= 0.6 is 0 Å². The number of aryl methyl sites for hydroxylation is 1.